The van der Waals surface area contributed by atoms with Gasteiger partial charge < -0.3 is 20.1 Å². The predicted molar refractivity (Wildman–Crippen MR) is 107 cm³/mol. The summed E-state index contributed by atoms with van der Waals surface area (Å²) in [6.45, 7) is 2.63. The van der Waals surface area contributed by atoms with Crippen molar-refractivity contribution in [3.05, 3.63) is 64.7 Å². The van der Waals surface area contributed by atoms with E-state index in [0.717, 1.165) is 35.3 Å². The fraction of sp³-hybridized carbons (Fsp3) is 0.350. The van der Waals surface area contributed by atoms with Crippen molar-refractivity contribution >= 4 is 17.6 Å². The highest BCUT2D eigenvalue weighted by molar-refractivity contribution is 6.30. The summed E-state index contributed by atoms with van der Waals surface area (Å²) in [5.41, 5.74) is 2.39. The van der Waals surface area contributed by atoms with Crippen molar-refractivity contribution in [3.63, 3.8) is 0 Å². The van der Waals surface area contributed by atoms with Crippen LogP contribution >= 0.6 is 11.6 Å². The van der Waals surface area contributed by atoms with Gasteiger partial charge in [0, 0.05) is 32.3 Å². The molecule has 0 aliphatic heterocycles. The van der Waals surface area contributed by atoms with Gasteiger partial charge in [0.05, 0.1) is 6.61 Å². The maximum atomic E-state index is 5.90. The second kappa shape index (κ2) is 11.4. The Bertz CT molecular complexity index is 672. The highest BCUT2D eigenvalue weighted by Gasteiger charge is 2.00. The largest absolute Gasteiger partial charge is 0.491 e. The first-order valence-corrected chi connectivity index (χ1v) is 8.98. The summed E-state index contributed by atoms with van der Waals surface area (Å²) in [5.74, 6) is 1.62. The first-order valence-electron chi connectivity index (χ1n) is 8.61. The lowest BCUT2D eigenvalue weighted by Gasteiger charge is -2.12. The molecule has 0 fully saturated rings. The molecule has 0 aliphatic carbocycles. The standard InChI is InChI=1S/C20H26ClN3O2/c1-22-20(23-12-11-16-3-7-18(21)8-4-16)24-15-17-5-9-19(10-6-17)26-14-13-25-2/h3-10H,11-15H2,1-2H3,(H2,22,23,24). The third-order valence-electron chi connectivity index (χ3n) is 3.78. The summed E-state index contributed by atoms with van der Waals surface area (Å²) >= 11 is 5.90. The van der Waals surface area contributed by atoms with Crippen molar-refractivity contribution in [2.24, 2.45) is 4.99 Å². The smallest absolute Gasteiger partial charge is 0.191 e. The molecule has 140 valence electrons. The maximum absolute atomic E-state index is 5.90. The number of nitrogens with zero attached hydrogens (tertiary/aromatic N) is 1. The molecule has 0 saturated carbocycles. The molecule has 0 atom stereocenters. The third-order valence-corrected chi connectivity index (χ3v) is 4.03. The van der Waals surface area contributed by atoms with Crippen LogP contribution in [0.1, 0.15) is 11.1 Å². The van der Waals surface area contributed by atoms with Gasteiger partial charge in [0.1, 0.15) is 12.4 Å². The van der Waals surface area contributed by atoms with E-state index in [2.05, 4.69) is 15.6 Å². The first-order chi connectivity index (χ1) is 12.7. The predicted octanol–water partition coefficient (Wildman–Crippen LogP) is 3.27. The molecule has 0 aromatic heterocycles. The fourth-order valence-corrected chi connectivity index (χ4v) is 2.46. The van der Waals surface area contributed by atoms with Gasteiger partial charge in [0.15, 0.2) is 5.96 Å². The molecule has 2 aromatic carbocycles. The normalized spacial score (nSPS) is 11.3. The lowest BCUT2D eigenvalue weighted by atomic mass is 10.1. The number of hydrogen-bond acceptors (Lipinski definition) is 3. The van der Waals surface area contributed by atoms with Crippen LogP contribution in [-0.4, -0.2) is 39.9 Å². The number of halogens is 1. The zero-order chi connectivity index (χ0) is 18.6. The summed E-state index contributed by atoms with van der Waals surface area (Å²) in [5, 5.41) is 7.38. The van der Waals surface area contributed by atoms with Gasteiger partial charge in [-0.05, 0) is 41.8 Å². The number of ether oxygens (including phenoxy) is 2. The molecule has 0 amide bonds. The minimum absolute atomic E-state index is 0.554. The average Bonchev–Trinajstić information content (AvgIpc) is 2.67. The lowest BCUT2D eigenvalue weighted by molar-refractivity contribution is 0.146. The van der Waals surface area contributed by atoms with Crippen LogP contribution in [0.15, 0.2) is 53.5 Å². The Morgan fingerprint density at radius 2 is 1.65 bits per heavy atom. The van der Waals surface area contributed by atoms with Crippen LogP contribution in [-0.2, 0) is 17.7 Å². The Balaban J connectivity index is 1.71. The van der Waals surface area contributed by atoms with Crippen LogP contribution in [0, 0.1) is 0 Å². The molecule has 2 rings (SSSR count). The summed E-state index contributed by atoms with van der Waals surface area (Å²) in [7, 11) is 3.43. The lowest BCUT2D eigenvalue weighted by Crippen LogP contribution is -2.37. The SMILES string of the molecule is CN=C(NCCc1ccc(Cl)cc1)NCc1ccc(OCCOC)cc1. The first kappa shape index (κ1) is 20.1. The van der Waals surface area contributed by atoms with Crippen LogP contribution in [0.4, 0.5) is 0 Å². The average molecular weight is 376 g/mol. The Morgan fingerprint density at radius 1 is 0.962 bits per heavy atom. The Labute approximate surface area is 160 Å². The Kier molecular flexibility index (Phi) is 8.79. The van der Waals surface area contributed by atoms with E-state index < -0.39 is 0 Å². The molecule has 0 spiro atoms. The van der Waals surface area contributed by atoms with Crippen molar-refractivity contribution in [1.82, 2.24) is 10.6 Å². The van der Waals surface area contributed by atoms with Gasteiger partial charge in [-0.15, -0.1) is 0 Å². The maximum Gasteiger partial charge on any atom is 0.191 e. The number of guanidine groups is 1. The molecule has 2 aromatic rings. The fourth-order valence-electron chi connectivity index (χ4n) is 2.33. The third kappa shape index (κ3) is 7.33. The summed E-state index contributed by atoms with van der Waals surface area (Å²) in [4.78, 5) is 4.25. The molecule has 5 nitrogen and oxygen atoms in total. The van der Waals surface area contributed by atoms with Crippen LogP contribution in [0.25, 0.3) is 0 Å². The van der Waals surface area contributed by atoms with Crippen molar-refractivity contribution in [2.45, 2.75) is 13.0 Å². The second-order valence-electron chi connectivity index (χ2n) is 5.71. The topological polar surface area (TPSA) is 54.9 Å². The summed E-state index contributed by atoms with van der Waals surface area (Å²) in [6.07, 6.45) is 0.908. The Hall–Kier alpha value is -2.24. The molecule has 0 bridgehead atoms. The van der Waals surface area contributed by atoms with Gasteiger partial charge in [-0.1, -0.05) is 35.9 Å². The van der Waals surface area contributed by atoms with Crippen molar-refractivity contribution in [3.8, 4) is 5.75 Å². The van der Waals surface area contributed by atoms with Crippen molar-refractivity contribution in [1.29, 1.82) is 0 Å². The zero-order valence-corrected chi connectivity index (χ0v) is 16.1. The van der Waals surface area contributed by atoms with Crippen LogP contribution in [0.3, 0.4) is 0 Å². The van der Waals surface area contributed by atoms with Crippen LogP contribution < -0.4 is 15.4 Å². The molecule has 6 heteroatoms. The van der Waals surface area contributed by atoms with E-state index in [4.69, 9.17) is 21.1 Å². The zero-order valence-electron chi connectivity index (χ0n) is 15.3. The number of benzene rings is 2. The molecule has 0 saturated heterocycles. The van der Waals surface area contributed by atoms with Gasteiger partial charge in [0.25, 0.3) is 0 Å². The van der Waals surface area contributed by atoms with Gasteiger partial charge in [0.2, 0.25) is 0 Å². The van der Waals surface area contributed by atoms with E-state index in [1.54, 1.807) is 14.2 Å². The summed E-state index contributed by atoms with van der Waals surface area (Å²) < 4.78 is 10.5. The monoisotopic (exact) mass is 375 g/mol. The number of nitrogens with one attached hydrogen (secondary N) is 2. The van der Waals surface area contributed by atoms with Gasteiger partial charge in [-0.2, -0.15) is 0 Å². The minimum atomic E-state index is 0.554. The van der Waals surface area contributed by atoms with Crippen LogP contribution in [0.5, 0.6) is 5.75 Å². The van der Waals surface area contributed by atoms with E-state index in [-0.39, 0.29) is 0 Å². The van der Waals surface area contributed by atoms with Gasteiger partial charge in [-0.25, -0.2) is 0 Å². The number of methoxy groups -OCH3 is 1. The molecule has 0 heterocycles. The second-order valence-corrected chi connectivity index (χ2v) is 6.15. The van der Waals surface area contributed by atoms with E-state index >= 15 is 0 Å². The van der Waals surface area contributed by atoms with Crippen LogP contribution in [0.2, 0.25) is 5.02 Å². The molecule has 0 radical (unpaired) electrons. The highest BCUT2D eigenvalue weighted by Crippen LogP contribution is 2.12. The minimum Gasteiger partial charge on any atom is -0.491 e. The highest BCUT2D eigenvalue weighted by atomic mass is 35.5. The molecule has 26 heavy (non-hydrogen) atoms. The molecular weight excluding hydrogens is 350 g/mol. The van der Waals surface area contributed by atoms with E-state index in [9.17, 15) is 0 Å². The van der Waals surface area contributed by atoms with Gasteiger partial charge in [-0.3, -0.25) is 4.99 Å². The molecule has 2 N–H and O–H groups in total. The number of aliphatic imine (C=N–C) groups is 1. The molecule has 0 unspecified atom stereocenters. The quantitative estimate of drug-likeness (QED) is 0.401. The van der Waals surface area contributed by atoms with E-state index in [1.165, 1.54) is 5.56 Å². The number of rotatable bonds is 9. The number of hydrogen-bond donors (Lipinski definition) is 2. The molecule has 0 aliphatic rings. The molecular formula is C20H26ClN3O2. The summed E-state index contributed by atoms with van der Waals surface area (Å²) in [6, 6.07) is 15.9. The van der Waals surface area contributed by atoms with E-state index in [1.807, 2.05) is 48.5 Å². The Morgan fingerprint density at radius 3 is 2.31 bits per heavy atom. The van der Waals surface area contributed by atoms with E-state index in [0.29, 0.717) is 19.8 Å². The van der Waals surface area contributed by atoms with Gasteiger partial charge >= 0.3 is 0 Å². The van der Waals surface area contributed by atoms with Crippen molar-refractivity contribution < 1.29 is 9.47 Å². The van der Waals surface area contributed by atoms with Crippen molar-refractivity contribution in [2.75, 3.05) is 33.9 Å².